The van der Waals surface area contributed by atoms with Gasteiger partial charge in [-0.3, -0.25) is 0 Å². The van der Waals surface area contributed by atoms with E-state index >= 15 is 0 Å². The molecule has 4 nitrogen and oxygen atoms in total. The summed E-state index contributed by atoms with van der Waals surface area (Å²) in [6.45, 7) is 3.78. The van der Waals surface area contributed by atoms with Gasteiger partial charge in [0.2, 0.25) is 0 Å². The summed E-state index contributed by atoms with van der Waals surface area (Å²) in [4.78, 5) is 0. The Morgan fingerprint density at radius 1 is 1.21 bits per heavy atom. The Hall–Kier alpha value is -0.702. The van der Waals surface area contributed by atoms with Crippen LogP contribution in [0.15, 0.2) is 24.3 Å². The van der Waals surface area contributed by atoms with E-state index in [4.69, 9.17) is 12.9 Å². The van der Waals surface area contributed by atoms with E-state index in [-0.39, 0.29) is 10.5 Å². The normalized spacial score (nSPS) is 11.8. The molecule has 0 bridgehead atoms. The van der Waals surface area contributed by atoms with Gasteiger partial charge in [-0.2, -0.15) is 0 Å². The first-order valence-electron chi connectivity index (χ1n) is 4.22. The van der Waals surface area contributed by atoms with Gasteiger partial charge in [0, 0.05) is 0 Å². The summed E-state index contributed by atoms with van der Waals surface area (Å²) in [6.07, 6.45) is 0.0567. The Morgan fingerprint density at radius 3 is 2.07 bits per heavy atom. The number of hydrogen-bond donors (Lipinski definition) is 2. The van der Waals surface area contributed by atoms with Gasteiger partial charge in [0.1, 0.15) is 0 Å². The van der Waals surface area contributed by atoms with Crippen molar-refractivity contribution in [3.63, 3.8) is 0 Å². The molecule has 2 N–H and O–H groups in total. The molecule has 5 heteroatoms. The standard InChI is InChI=1S/C9H13AsO4/c1-7(2)14-9-5-3-8(4-6-9)10(11,12)13/h3-7H,1-2H3,(H2,11,12,13). The summed E-state index contributed by atoms with van der Waals surface area (Å²) in [5.74, 6) is 0.618. The van der Waals surface area contributed by atoms with Gasteiger partial charge in [-0.1, -0.05) is 0 Å². The molecule has 0 aliphatic heterocycles. The van der Waals surface area contributed by atoms with Crippen molar-refractivity contribution in [2.45, 2.75) is 20.0 Å². The zero-order valence-electron chi connectivity index (χ0n) is 8.04. The van der Waals surface area contributed by atoms with Gasteiger partial charge in [-0.05, 0) is 0 Å². The van der Waals surface area contributed by atoms with Gasteiger partial charge < -0.3 is 0 Å². The van der Waals surface area contributed by atoms with Crippen molar-refractivity contribution < 1.29 is 16.7 Å². The number of ether oxygens (including phenoxy) is 1. The molecule has 1 aromatic carbocycles. The van der Waals surface area contributed by atoms with Crippen molar-refractivity contribution in [3.8, 4) is 5.75 Å². The Balaban J connectivity index is 2.84. The first-order chi connectivity index (χ1) is 6.39. The Labute approximate surface area is 85.5 Å². The van der Waals surface area contributed by atoms with E-state index in [1.54, 1.807) is 12.1 Å². The Bertz CT molecular complexity index is 338. The van der Waals surface area contributed by atoms with E-state index in [0.717, 1.165) is 0 Å². The van der Waals surface area contributed by atoms with Gasteiger partial charge in [-0.15, -0.1) is 0 Å². The topological polar surface area (TPSA) is 66.8 Å². The van der Waals surface area contributed by atoms with Crippen LogP contribution in [0.1, 0.15) is 13.8 Å². The molecule has 0 saturated carbocycles. The van der Waals surface area contributed by atoms with Crippen LogP contribution in [0.3, 0.4) is 0 Å². The Kier molecular flexibility index (Phi) is 3.42. The molecule has 0 aromatic heterocycles. The van der Waals surface area contributed by atoms with Crippen LogP contribution in [0.4, 0.5) is 0 Å². The van der Waals surface area contributed by atoms with Crippen LogP contribution in [-0.2, 0) is 3.74 Å². The predicted octanol–water partition coefficient (Wildman–Crippen LogP) is 0.0348. The molecule has 1 aromatic rings. The maximum absolute atomic E-state index is 10.9. The monoisotopic (exact) mass is 260 g/mol. The average Bonchev–Trinajstić information content (AvgIpc) is 2.02. The zero-order chi connectivity index (χ0) is 10.8. The molecule has 0 saturated heterocycles. The second-order valence-electron chi connectivity index (χ2n) is 3.20. The van der Waals surface area contributed by atoms with Crippen LogP contribution >= 0.6 is 0 Å². The van der Waals surface area contributed by atoms with E-state index in [1.807, 2.05) is 13.8 Å². The van der Waals surface area contributed by atoms with Crippen LogP contribution in [0.25, 0.3) is 0 Å². The van der Waals surface area contributed by atoms with Crippen LogP contribution in [0.2, 0.25) is 0 Å². The van der Waals surface area contributed by atoms with E-state index in [1.165, 1.54) is 12.1 Å². The molecule has 0 unspecified atom stereocenters. The molecule has 0 spiro atoms. The summed E-state index contributed by atoms with van der Waals surface area (Å²) >= 11 is -4.73. The molecule has 0 aliphatic carbocycles. The SMILES string of the molecule is CC(C)Oc1ccc([As](=O)(O)O)cc1. The average molecular weight is 260 g/mol. The van der Waals surface area contributed by atoms with Gasteiger partial charge >= 0.3 is 85.2 Å². The second kappa shape index (κ2) is 4.22. The number of hydrogen-bond acceptors (Lipinski definition) is 2. The molecule has 0 heterocycles. The van der Waals surface area contributed by atoms with E-state index in [0.29, 0.717) is 5.75 Å². The van der Waals surface area contributed by atoms with Crippen LogP contribution in [0, 0.1) is 0 Å². The molecular formula is C9H13AsO4. The quantitative estimate of drug-likeness (QED) is 0.753. The second-order valence-corrected chi connectivity index (χ2v) is 6.57. The fourth-order valence-corrected chi connectivity index (χ4v) is 2.12. The molecule has 0 atom stereocenters. The van der Waals surface area contributed by atoms with Gasteiger partial charge in [0.25, 0.3) is 0 Å². The molecule has 0 aliphatic rings. The van der Waals surface area contributed by atoms with Crippen LogP contribution < -0.4 is 9.09 Å². The van der Waals surface area contributed by atoms with Crippen molar-refractivity contribution >= 4 is 18.5 Å². The molecule has 14 heavy (non-hydrogen) atoms. The van der Waals surface area contributed by atoms with Crippen molar-refractivity contribution in [3.05, 3.63) is 24.3 Å². The van der Waals surface area contributed by atoms with Crippen molar-refractivity contribution in [1.82, 2.24) is 0 Å². The zero-order valence-corrected chi connectivity index (χ0v) is 9.92. The molecule has 0 fully saturated rings. The van der Waals surface area contributed by atoms with Gasteiger partial charge in [0.05, 0.1) is 0 Å². The third-order valence-electron chi connectivity index (χ3n) is 1.54. The summed E-state index contributed by atoms with van der Waals surface area (Å²) in [7, 11) is 0. The van der Waals surface area contributed by atoms with Crippen molar-refractivity contribution in [2.24, 2.45) is 0 Å². The summed E-state index contributed by atoms with van der Waals surface area (Å²) in [6, 6.07) is 5.93. The minimum absolute atomic E-state index is 0.0567. The predicted molar refractivity (Wildman–Crippen MR) is 52.7 cm³/mol. The first-order valence-corrected chi connectivity index (χ1v) is 7.60. The number of rotatable bonds is 3. The molecule has 78 valence electrons. The summed E-state index contributed by atoms with van der Waals surface area (Å²) < 4.78 is 34.1. The number of benzene rings is 1. The van der Waals surface area contributed by atoms with E-state index < -0.39 is 14.2 Å². The molecular weight excluding hydrogens is 247 g/mol. The van der Waals surface area contributed by atoms with Crippen LogP contribution in [0.5, 0.6) is 5.75 Å². The Morgan fingerprint density at radius 2 is 1.71 bits per heavy atom. The minimum atomic E-state index is -4.73. The van der Waals surface area contributed by atoms with E-state index in [9.17, 15) is 3.74 Å². The third-order valence-corrected chi connectivity index (χ3v) is 3.58. The summed E-state index contributed by atoms with van der Waals surface area (Å²) in [5.41, 5.74) is 0. The van der Waals surface area contributed by atoms with Gasteiger partial charge in [-0.25, -0.2) is 0 Å². The van der Waals surface area contributed by atoms with Crippen molar-refractivity contribution in [1.29, 1.82) is 0 Å². The first kappa shape index (κ1) is 11.4. The van der Waals surface area contributed by atoms with E-state index in [2.05, 4.69) is 0 Å². The van der Waals surface area contributed by atoms with Gasteiger partial charge in [0.15, 0.2) is 0 Å². The fraction of sp³-hybridized carbons (Fsp3) is 0.333. The molecule has 0 amide bonds. The van der Waals surface area contributed by atoms with Crippen LogP contribution in [-0.4, -0.2) is 28.5 Å². The molecule has 1 rings (SSSR count). The fourth-order valence-electron chi connectivity index (χ4n) is 0.991. The molecule has 0 radical (unpaired) electrons. The third kappa shape index (κ3) is 3.22. The summed E-state index contributed by atoms with van der Waals surface area (Å²) in [5, 5.41) is 0. The maximum atomic E-state index is 10.9. The van der Waals surface area contributed by atoms with Crippen molar-refractivity contribution in [2.75, 3.05) is 0 Å².